The van der Waals surface area contributed by atoms with Crippen molar-refractivity contribution in [3.05, 3.63) is 76.6 Å². The van der Waals surface area contributed by atoms with Crippen LogP contribution < -0.4 is 4.74 Å². The molecule has 1 aliphatic rings. The fourth-order valence-corrected chi connectivity index (χ4v) is 5.85. The van der Waals surface area contributed by atoms with Crippen molar-refractivity contribution in [2.75, 3.05) is 0 Å². The Morgan fingerprint density at radius 1 is 0.744 bits per heavy atom. The number of alkyl halides is 3. The Labute approximate surface area is 226 Å². The van der Waals surface area contributed by atoms with Gasteiger partial charge in [0.1, 0.15) is 5.82 Å². The van der Waals surface area contributed by atoms with Crippen LogP contribution in [0.15, 0.2) is 42.5 Å². The van der Waals surface area contributed by atoms with Gasteiger partial charge in [0.15, 0.2) is 11.6 Å². The van der Waals surface area contributed by atoms with Crippen LogP contribution in [-0.4, -0.2) is 6.36 Å². The molecule has 1 nitrogen and oxygen atoms in total. The Balaban J connectivity index is 1.33. The summed E-state index contributed by atoms with van der Waals surface area (Å²) in [6.07, 6.45) is 7.72. The third-order valence-electron chi connectivity index (χ3n) is 8.08. The van der Waals surface area contributed by atoms with E-state index in [1.807, 2.05) is 18.2 Å². The first-order valence-corrected chi connectivity index (χ1v) is 14.1. The highest BCUT2D eigenvalue weighted by atomic mass is 19.4. The predicted octanol–water partition coefficient (Wildman–Crippen LogP) is 10.3. The van der Waals surface area contributed by atoms with E-state index < -0.39 is 29.6 Å². The molecule has 212 valence electrons. The van der Waals surface area contributed by atoms with E-state index in [4.69, 9.17) is 0 Å². The van der Waals surface area contributed by atoms with Crippen LogP contribution in [0.25, 0.3) is 10.8 Å². The molecule has 4 rings (SSSR count). The molecule has 0 radical (unpaired) electrons. The summed E-state index contributed by atoms with van der Waals surface area (Å²) in [4.78, 5) is 0. The highest BCUT2D eigenvalue weighted by Gasteiger charge is 2.34. The van der Waals surface area contributed by atoms with Crippen molar-refractivity contribution in [3.63, 3.8) is 0 Å². The fourth-order valence-electron chi connectivity index (χ4n) is 5.85. The lowest BCUT2D eigenvalue weighted by Crippen LogP contribution is -2.19. The van der Waals surface area contributed by atoms with Crippen LogP contribution in [0.1, 0.15) is 81.4 Å². The second-order valence-electron chi connectivity index (χ2n) is 11.0. The van der Waals surface area contributed by atoms with Gasteiger partial charge in [0.05, 0.1) is 0 Å². The van der Waals surface area contributed by atoms with Gasteiger partial charge in [-0.3, -0.25) is 0 Å². The molecule has 3 aromatic carbocycles. The molecule has 0 bridgehead atoms. The summed E-state index contributed by atoms with van der Waals surface area (Å²) < 4.78 is 83.8. The molecule has 1 saturated carbocycles. The van der Waals surface area contributed by atoms with E-state index in [0.29, 0.717) is 10.9 Å². The van der Waals surface area contributed by atoms with E-state index in [1.54, 1.807) is 12.1 Å². The monoisotopic (exact) mass is 550 g/mol. The van der Waals surface area contributed by atoms with Gasteiger partial charge in [0, 0.05) is 5.39 Å². The van der Waals surface area contributed by atoms with Crippen LogP contribution in [0.2, 0.25) is 0 Å². The van der Waals surface area contributed by atoms with Crippen molar-refractivity contribution in [3.8, 4) is 5.75 Å². The van der Waals surface area contributed by atoms with Crippen LogP contribution in [0.4, 0.5) is 26.3 Å². The smallest absolute Gasteiger partial charge is 0.399 e. The Morgan fingerprint density at radius 3 is 2.05 bits per heavy atom. The average Bonchev–Trinajstić information content (AvgIpc) is 2.89. The molecule has 0 atom stereocenters. The van der Waals surface area contributed by atoms with Crippen molar-refractivity contribution in [1.82, 2.24) is 0 Å². The van der Waals surface area contributed by atoms with Crippen LogP contribution in [0.3, 0.4) is 0 Å². The van der Waals surface area contributed by atoms with Crippen molar-refractivity contribution < 1.29 is 31.1 Å². The van der Waals surface area contributed by atoms with Gasteiger partial charge in [-0.05, 0) is 71.7 Å². The molecule has 0 heterocycles. The first-order chi connectivity index (χ1) is 18.6. The summed E-state index contributed by atoms with van der Waals surface area (Å²) in [6.45, 7) is 2.25. The zero-order chi connectivity index (χ0) is 28.0. The first-order valence-electron chi connectivity index (χ1n) is 14.1. The van der Waals surface area contributed by atoms with Gasteiger partial charge in [0.25, 0.3) is 0 Å². The Hall–Kier alpha value is -2.70. The van der Waals surface area contributed by atoms with Crippen LogP contribution in [0, 0.1) is 29.3 Å². The van der Waals surface area contributed by atoms with Gasteiger partial charge in [-0.15, -0.1) is 13.2 Å². The van der Waals surface area contributed by atoms with Gasteiger partial charge >= 0.3 is 6.36 Å². The van der Waals surface area contributed by atoms with Gasteiger partial charge < -0.3 is 4.74 Å². The standard InChI is InChI=1S/C32H36F6O/c1-2-3-4-5-21-6-8-22(9-7-21)10-11-23-13-17-27-26(18-23)16-15-25(30(27)35)14-12-24-19-28(33)31(29(34)20-24)39-32(36,37)38/h13,15-22H,2-12,14H2,1H3. The molecular formula is C32H36F6O. The SMILES string of the molecule is CCCCCC1CCC(CCc2ccc3c(F)c(CCc4cc(F)c(OC(F)(F)F)c(F)c4)ccc3c2)CC1. The molecule has 0 unspecified atom stereocenters. The summed E-state index contributed by atoms with van der Waals surface area (Å²) in [7, 11) is 0. The van der Waals surface area contributed by atoms with E-state index >= 15 is 4.39 Å². The van der Waals surface area contributed by atoms with Gasteiger partial charge in [0.2, 0.25) is 5.75 Å². The van der Waals surface area contributed by atoms with Gasteiger partial charge in [-0.1, -0.05) is 88.6 Å². The fraction of sp³-hybridized carbons (Fsp3) is 0.500. The zero-order valence-electron chi connectivity index (χ0n) is 22.4. The maximum absolute atomic E-state index is 15.2. The van der Waals surface area contributed by atoms with Crippen molar-refractivity contribution in [2.45, 2.75) is 90.3 Å². The topological polar surface area (TPSA) is 9.23 Å². The molecule has 1 fully saturated rings. The second-order valence-corrected chi connectivity index (χ2v) is 11.0. The number of hydrogen-bond acceptors (Lipinski definition) is 1. The van der Waals surface area contributed by atoms with E-state index in [-0.39, 0.29) is 18.4 Å². The van der Waals surface area contributed by atoms with Gasteiger partial charge in [-0.2, -0.15) is 0 Å². The molecule has 0 N–H and O–H groups in total. The largest absolute Gasteiger partial charge is 0.573 e. The maximum atomic E-state index is 15.2. The molecule has 0 spiro atoms. The number of rotatable bonds is 11. The highest BCUT2D eigenvalue weighted by Crippen LogP contribution is 2.35. The Bertz CT molecular complexity index is 1220. The lowest BCUT2D eigenvalue weighted by molar-refractivity contribution is -0.276. The lowest BCUT2D eigenvalue weighted by atomic mass is 9.77. The quantitative estimate of drug-likeness (QED) is 0.170. The van der Waals surface area contributed by atoms with Crippen molar-refractivity contribution >= 4 is 10.8 Å². The zero-order valence-corrected chi connectivity index (χ0v) is 22.4. The molecule has 7 heteroatoms. The summed E-state index contributed by atoms with van der Waals surface area (Å²) in [6, 6.07) is 10.9. The maximum Gasteiger partial charge on any atom is 0.573 e. The predicted molar refractivity (Wildman–Crippen MR) is 142 cm³/mol. The molecule has 0 amide bonds. The van der Waals surface area contributed by atoms with E-state index in [2.05, 4.69) is 11.7 Å². The number of hydrogen-bond donors (Lipinski definition) is 0. The summed E-state index contributed by atoms with van der Waals surface area (Å²) in [5, 5.41) is 1.29. The minimum Gasteiger partial charge on any atom is -0.399 e. The van der Waals surface area contributed by atoms with Crippen molar-refractivity contribution in [2.24, 2.45) is 11.8 Å². The second kappa shape index (κ2) is 13.1. The van der Waals surface area contributed by atoms with E-state index in [0.717, 1.165) is 42.2 Å². The van der Waals surface area contributed by atoms with E-state index in [1.165, 1.54) is 56.9 Å². The summed E-state index contributed by atoms with van der Waals surface area (Å²) >= 11 is 0. The number of halogens is 6. The van der Waals surface area contributed by atoms with Crippen LogP contribution in [0.5, 0.6) is 5.75 Å². The molecule has 1 aliphatic carbocycles. The Morgan fingerprint density at radius 2 is 1.41 bits per heavy atom. The average molecular weight is 551 g/mol. The van der Waals surface area contributed by atoms with Gasteiger partial charge in [-0.25, -0.2) is 13.2 Å². The third kappa shape index (κ3) is 8.15. The first kappa shape index (κ1) is 29.3. The lowest BCUT2D eigenvalue weighted by Gasteiger charge is -2.28. The minimum atomic E-state index is -5.20. The molecule has 0 aromatic heterocycles. The van der Waals surface area contributed by atoms with E-state index in [9.17, 15) is 22.0 Å². The number of benzene rings is 3. The van der Waals surface area contributed by atoms with Crippen LogP contribution in [-0.2, 0) is 19.3 Å². The molecule has 0 saturated heterocycles. The Kier molecular flexibility index (Phi) is 9.84. The molecule has 3 aromatic rings. The molecular weight excluding hydrogens is 514 g/mol. The summed E-state index contributed by atoms with van der Waals surface area (Å²) in [5.41, 5.74) is 1.68. The number of ether oxygens (including phenoxy) is 1. The third-order valence-corrected chi connectivity index (χ3v) is 8.08. The molecule has 39 heavy (non-hydrogen) atoms. The number of aryl methyl sites for hydroxylation is 3. The van der Waals surface area contributed by atoms with Crippen molar-refractivity contribution in [1.29, 1.82) is 0 Å². The highest BCUT2D eigenvalue weighted by molar-refractivity contribution is 5.84. The number of unbranched alkanes of at least 4 members (excludes halogenated alkanes) is 2. The minimum absolute atomic E-state index is 0.0570. The molecule has 0 aliphatic heterocycles. The normalized spacial score (nSPS) is 18.0. The summed E-state index contributed by atoms with van der Waals surface area (Å²) in [5.74, 6) is -3.13. The van der Waals surface area contributed by atoms with Crippen LogP contribution >= 0.6 is 0 Å². The number of fused-ring (bicyclic) bond motifs is 1.